The van der Waals surface area contributed by atoms with Crippen molar-refractivity contribution in [1.82, 2.24) is 4.98 Å². The first-order valence-electron chi connectivity index (χ1n) is 7.28. The summed E-state index contributed by atoms with van der Waals surface area (Å²) in [4.78, 5) is 16.1. The van der Waals surface area contributed by atoms with Gasteiger partial charge in [0.05, 0.1) is 15.8 Å². The van der Waals surface area contributed by atoms with Crippen molar-refractivity contribution in [2.75, 3.05) is 0 Å². The molecule has 25 heavy (non-hydrogen) atoms. The zero-order valence-electron chi connectivity index (χ0n) is 12.8. The van der Waals surface area contributed by atoms with Crippen LogP contribution in [0.3, 0.4) is 0 Å². The van der Waals surface area contributed by atoms with Crippen molar-refractivity contribution in [1.29, 1.82) is 0 Å². The molecule has 0 amide bonds. The maximum absolute atomic E-state index is 12.6. The molecule has 0 saturated carbocycles. The molecule has 0 aliphatic carbocycles. The molecule has 3 rings (SSSR count). The van der Waals surface area contributed by atoms with Gasteiger partial charge in [-0.1, -0.05) is 24.3 Å². The van der Waals surface area contributed by atoms with Gasteiger partial charge in [-0.2, -0.15) is 13.2 Å². The van der Waals surface area contributed by atoms with E-state index in [1.54, 1.807) is 0 Å². The summed E-state index contributed by atoms with van der Waals surface area (Å²) in [6.07, 6.45) is -2.03. The second kappa shape index (κ2) is 7.06. The number of thiazole rings is 1. The molecule has 3 aromatic rings. The van der Waals surface area contributed by atoms with Gasteiger partial charge in [0.15, 0.2) is 0 Å². The van der Waals surface area contributed by atoms with E-state index in [1.165, 1.54) is 29.5 Å². The van der Waals surface area contributed by atoms with Gasteiger partial charge in [0, 0.05) is 6.08 Å². The zero-order valence-corrected chi connectivity index (χ0v) is 13.6. The Morgan fingerprint density at radius 3 is 2.72 bits per heavy atom. The summed E-state index contributed by atoms with van der Waals surface area (Å²) in [5.74, 6) is -0.642. The summed E-state index contributed by atoms with van der Waals surface area (Å²) in [5.41, 5.74) is 0.335. The zero-order chi connectivity index (χ0) is 17.9. The summed E-state index contributed by atoms with van der Waals surface area (Å²) in [6, 6.07) is 12.3. The van der Waals surface area contributed by atoms with Crippen molar-refractivity contribution in [2.45, 2.75) is 12.8 Å². The van der Waals surface area contributed by atoms with Gasteiger partial charge in [0.1, 0.15) is 11.6 Å². The van der Waals surface area contributed by atoms with Gasteiger partial charge in [-0.3, -0.25) is 0 Å². The molecule has 128 valence electrons. The number of halogens is 3. The Morgan fingerprint density at radius 1 is 1.16 bits per heavy atom. The number of para-hydroxylation sites is 1. The molecule has 0 saturated heterocycles. The predicted octanol–water partition coefficient (Wildman–Crippen LogP) is 5.07. The van der Waals surface area contributed by atoms with E-state index in [-0.39, 0.29) is 12.2 Å². The van der Waals surface area contributed by atoms with Crippen molar-refractivity contribution >= 4 is 33.6 Å². The Morgan fingerprint density at radius 2 is 1.96 bits per heavy atom. The van der Waals surface area contributed by atoms with Crippen LogP contribution in [0.25, 0.3) is 16.3 Å². The maximum Gasteiger partial charge on any atom is 0.416 e. The van der Waals surface area contributed by atoms with Crippen LogP contribution in [0, 0.1) is 0 Å². The normalized spacial score (nSPS) is 12.0. The third-order valence-corrected chi connectivity index (χ3v) is 4.31. The topological polar surface area (TPSA) is 39.2 Å². The van der Waals surface area contributed by atoms with E-state index in [0.29, 0.717) is 5.01 Å². The minimum Gasteiger partial charge on any atom is -0.455 e. The van der Waals surface area contributed by atoms with Crippen LogP contribution in [-0.4, -0.2) is 11.0 Å². The molecular formula is C18H12F3NO2S. The Kier molecular flexibility index (Phi) is 4.85. The fourth-order valence-corrected chi connectivity index (χ4v) is 3.03. The number of carbonyl (C=O) groups is 1. The highest BCUT2D eigenvalue weighted by Gasteiger charge is 2.30. The van der Waals surface area contributed by atoms with Gasteiger partial charge in [-0.25, -0.2) is 9.78 Å². The average Bonchev–Trinajstić information content (AvgIpc) is 3.00. The van der Waals surface area contributed by atoms with Crippen LogP contribution in [0.4, 0.5) is 13.2 Å². The molecule has 0 aliphatic rings. The quantitative estimate of drug-likeness (QED) is 0.480. The molecule has 2 aromatic carbocycles. The van der Waals surface area contributed by atoms with Crippen molar-refractivity contribution in [2.24, 2.45) is 0 Å². The summed E-state index contributed by atoms with van der Waals surface area (Å²) in [6.45, 7) is 0.0190. The molecule has 0 fully saturated rings. The smallest absolute Gasteiger partial charge is 0.416 e. The molecule has 0 unspecified atom stereocenters. The van der Waals surface area contributed by atoms with Crippen LogP contribution < -0.4 is 0 Å². The summed E-state index contributed by atoms with van der Waals surface area (Å²) >= 11 is 1.42. The molecule has 3 nitrogen and oxygen atoms in total. The van der Waals surface area contributed by atoms with Crippen molar-refractivity contribution in [3.8, 4) is 0 Å². The Hall–Kier alpha value is -2.67. The largest absolute Gasteiger partial charge is 0.455 e. The molecule has 0 spiro atoms. The van der Waals surface area contributed by atoms with E-state index in [0.717, 1.165) is 28.4 Å². The van der Waals surface area contributed by atoms with Gasteiger partial charge >= 0.3 is 12.1 Å². The number of benzene rings is 2. The first-order valence-corrected chi connectivity index (χ1v) is 8.10. The number of fused-ring (bicyclic) bond motifs is 1. The van der Waals surface area contributed by atoms with E-state index in [1.807, 2.05) is 24.3 Å². The molecule has 7 heteroatoms. The summed E-state index contributed by atoms with van der Waals surface area (Å²) < 4.78 is 44.0. The van der Waals surface area contributed by atoms with Crippen molar-refractivity contribution < 1.29 is 22.7 Å². The molecule has 0 radical (unpaired) electrons. The average molecular weight is 363 g/mol. The second-order valence-corrected chi connectivity index (χ2v) is 6.25. The molecule has 1 aromatic heterocycles. The number of hydrogen-bond donors (Lipinski definition) is 0. The summed E-state index contributed by atoms with van der Waals surface area (Å²) in [5, 5.41) is 0.655. The third kappa shape index (κ3) is 4.45. The number of rotatable bonds is 4. The lowest BCUT2D eigenvalue weighted by atomic mass is 10.1. The Bertz CT molecular complexity index is 898. The fourth-order valence-electron chi connectivity index (χ4n) is 2.15. The van der Waals surface area contributed by atoms with Crippen LogP contribution in [0.1, 0.15) is 16.1 Å². The lowest BCUT2D eigenvalue weighted by Crippen LogP contribution is -2.04. The maximum atomic E-state index is 12.6. The molecule has 0 N–H and O–H groups in total. The summed E-state index contributed by atoms with van der Waals surface area (Å²) in [7, 11) is 0. The van der Waals surface area contributed by atoms with E-state index in [2.05, 4.69) is 4.98 Å². The molecule has 0 bridgehead atoms. The minimum absolute atomic E-state index is 0.0190. The fraction of sp³-hybridized carbons (Fsp3) is 0.111. The first-order chi connectivity index (χ1) is 11.9. The van der Waals surface area contributed by atoms with Crippen LogP contribution in [0.15, 0.2) is 54.6 Å². The first kappa shape index (κ1) is 17.2. The lowest BCUT2D eigenvalue weighted by Gasteiger charge is -2.06. The monoisotopic (exact) mass is 363 g/mol. The second-order valence-electron chi connectivity index (χ2n) is 5.14. The van der Waals surface area contributed by atoms with Crippen LogP contribution in [-0.2, 0) is 22.3 Å². The Labute approximate surface area is 145 Å². The number of alkyl halides is 3. The number of nitrogens with zero attached hydrogens (tertiary/aromatic N) is 1. The van der Waals surface area contributed by atoms with Crippen LogP contribution in [0.5, 0.6) is 0 Å². The van der Waals surface area contributed by atoms with Gasteiger partial charge in [0.2, 0.25) is 0 Å². The van der Waals surface area contributed by atoms with Gasteiger partial charge in [0.25, 0.3) is 0 Å². The molecule has 1 heterocycles. The number of aromatic nitrogens is 1. The lowest BCUT2D eigenvalue weighted by molar-refractivity contribution is -0.139. The molecule has 0 atom stereocenters. The molecular weight excluding hydrogens is 351 g/mol. The SMILES string of the molecule is O=C(/C=C/c1cccc(C(F)(F)F)c1)OCc1nc2ccccc2s1. The van der Waals surface area contributed by atoms with Gasteiger partial charge < -0.3 is 4.74 Å². The predicted molar refractivity (Wildman–Crippen MR) is 89.9 cm³/mol. The van der Waals surface area contributed by atoms with E-state index in [9.17, 15) is 18.0 Å². The van der Waals surface area contributed by atoms with Crippen molar-refractivity contribution in [3.63, 3.8) is 0 Å². The Balaban J connectivity index is 1.61. The molecule has 0 aliphatic heterocycles. The minimum atomic E-state index is -4.42. The van der Waals surface area contributed by atoms with Gasteiger partial charge in [-0.05, 0) is 35.9 Å². The number of esters is 1. The van der Waals surface area contributed by atoms with Gasteiger partial charge in [-0.15, -0.1) is 11.3 Å². The van der Waals surface area contributed by atoms with Crippen LogP contribution >= 0.6 is 11.3 Å². The van der Waals surface area contributed by atoms with E-state index >= 15 is 0 Å². The highest BCUT2D eigenvalue weighted by atomic mass is 32.1. The van der Waals surface area contributed by atoms with E-state index < -0.39 is 17.7 Å². The number of carbonyl (C=O) groups excluding carboxylic acids is 1. The van der Waals surface area contributed by atoms with Crippen molar-refractivity contribution in [3.05, 3.63) is 70.7 Å². The number of hydrogen-bond acceptors (Lipinski definition) is 4. The highest BCUT2D eigenvalue weighted by Crippen LogP contribution is 2.29. The number of ether oxygens (including phenoxy) is 1. The highest BCUT2D eigenvalue weighted by molar-refractivity contribution is 7.18. The third-order valence-electron chi connectivity index (χ3n) is 3.30. The standard InChI is InChI=1S/C18H12F3NO2S/c19-18(20,21)13-5-3-4-12(10-13)8-9-17(23)24-11-16-22-14-6-1-2-7-15(14)25-16/h1-10H,11H2/b9-8+. The van der Waals surface area contributed by atoms with Crippen LogP contribution in [0.2, 0.25) is 0 Å². The van der Waals surface area contributed by atoms with E-state index in [4.69, 9.17) is 4.74 Å².